The third-order valence-electron chi connectivity index (χ3n) is 6.21. The Hall–Kier alpha value is -3.89. The van der Waals surface area contributed by atoms with Crippen LogP contribution in [0.15, 0.2) is 55.1 Å². The number of aromatic nitrogens is 5. The number of anilines is 3. The van der Waals surface area contributed by atoms with Gasteiger partial charge in [-0.05, 0) is 62.4 Å². The molecule has 4 aromatic rings. The fourth-order valence-electron chi connectivity index (χ4n) is 4.23. The average Bonchev–Trinajstić information content (AvgIpc) is 3.30. The number of aryl methyl sites for hydroxylation is 1. The Morgan fingerprint density at radius 3 is 2.63 bits per heavy atom. The largest absolute Gasteiger partial charge is 0.337 e. The summed E-state index contributed by atoms with van der Waals surface area (Å²) in [5.74, 6) is 0.386. The number of carbonyl (C=O) groups excluding carboxylic acids is 1. The van der Waals surface area contributed by atoms with Crippen molar-refractivity contribution in [3.05, 3.63) is 72.1 Å². The van der Waals surface area contributed by atoms with Gasteiger partial charge < -0.3 is 21.7 Å². The van der Waals surface area contributed by atoms with E-state index in [0.29, 0.717) is 41.5 Å². The summed E-state index contributed by atoms with van der Waals surface area (Å²) in [5, 5.41) is 14.6. The molecule has 35 heavy (non-hydrogen) atoms. The Balaban J connectivity index is 1.45. The number of hydrogen-bond acceptors (Lipinski definition) is 8. The smallest absolute Gasteiger partial charge is 0.276 e. The monoisotopic (exact) mass is 471 g/mol. The number of nitrogens with one attached hydrogen (secondary N) is 3. The Labute approximate surface area is 203 Å². The van der Waals surface area contributed by atoms with Gasteiger partial charge in [0, 0.05) is 42.9 Å². The summed E-state index contributed by atoms with van der Waals surface area (Å²) in [6, 6.07) is 10.0. The van der Waals surface area contributed by atoms with Crippen molar-refractivity contribution in [2.45, 2.75) is 51.2 Å². The molecule has 1 saturated carbocycles. The van der Waals surface area contributed by atoms with E-state index >= 15 is 0 Å². The number of imidazole rings is 1. The first-order valence-electron chi connectivity index (χ1n) is 11.8. The predicted octanol–water partition coefficient (Wildman–Crippen LogP) is 3.18. The predicted molar refractivity (Wildman–Crippen MR) is 135 cm³/mol. The molecule has 4 aromatic heterocycles. The van der Waals surface area contributed by atoms with Crippen molar-refractivity contribution in [2.75, 3.05) is 10.6 Å². The van der Waals surface area contributed by atoms with Gasteiger partial charge in [-0.1, -0.05) is 6.07 Å². The molecule has 0 aromatic carbocycles. The van der Waals surface area contributed by atoms with Gasteiger partial charge in [-0.15, -0.1) is 0 Å². The standard InChI is InChI=1S/C25H29N9O/c1-16-2-7-23(29-13-16)32-21-12-20(14-28-18-5-3-17(26)4-6-18)33-34-22(15-30-24(21)34)25(35)31-19-8-10-27-11-9-19/h2,7-13,15,17-18,28H,3-6,14,26H2,1H3,(H,29,32)(H,27,31,35). The van der Waals surface area contributed by atoms with Crippen LogP contribution < -0.4 is 21.7 Å². The molecule has 1 amide bonds. The lowest BCUT2D eigenvalue weighted by atomic mass is 9.92. The molecule has 10 nitrogen and oxygen atoms in total. The highest BCUT2D eigenvalue weighted by molar-refractivity contribution is 6.03. The molecule has 10 heteroatoms. The molecule has 0 aliphatic heterocycles. The second-order valence-electron chi connectivity index (χ2n) is 8.96. The SMILES string of the molecule is Cc1ccc(Nc2cc(CNC3CCC(N)CC3)nn3c(C(=O)Nc4ccncc4)cnc23)nc1. The molecule has 5 N–H and O–H groups in total. The van der Waals surface area contributed by atoms with E-state index in [1.54, 1.807) is 35.2 Å². The Bertz CT molecular complexity index is 1300. The molecular formula is C25H29N9O. The number of carbonyl (C=O) groups is 1. The molecule has 5 rings (SSSR count). The summed E-state index contributed by atoms with van der Waals surface area (Å²) < 4.78 is 1.58. The molecule has 0 atom stereocenters. The highest BCUT2D eigenvalue weighted by Gasteiger charge is 2.20. The Morgan fingerprint density at radius 1 is 1.09 bits per heavy atom. The molecule has 0 spiro atoms. The Kier molecular flexibility index (Phi) is 6.64. The van der Waals surface area contributed by atoms with Gasteiger partial charge in [0.15, 0.2) is 11.3 Å². The van der Waals surface area contributed by atoms with E-state index in [-0.39, 0.29) is 5.91 Å². The summed E-state index contributed by atoms with van der Waals surface area (Å²) >= 11 is 0. The maximum Gasteiger partial charge on any atom is 0.276 e. The normalized spacial score (nSPS) is 17.9. The van der Waals surface area contributed by atoms with Crippen LogP contribution in [0.1, 0.15) is 47.4 Å². The first-order chi connectivity index (χ1) is 17.0. The number of nitrogens with two attached hydrogens (primary N) is 1. The van der Waals surface area contributed by atoms with E-state index in [1.165, 1.54) is 6.20 Å². The minimum Gasteiger partial charge on any atom is -0.337 e. The van der Waals surface area contributed by atoms with Gasteiger partial charge in [0.05, 0.1) is 17.6 Å². The zero-order chi connectivity index (χ0) is 24.2. The fraction of sp³-hybridized carbons (Fsp3) is 0.320. The van der Waals surface area contributed by atoms with Crippen molar-refractivity contribution in [3.8, 4) is 0 Å². The maximum atomic E-state index is 13.1. The number of hydrogen-bond donors (Lipinski definition) is 4. The van der Waals surface area contributed by atoms with Crippen LogP contribution in [0.3, 0.4) is 0 Å². The van der Waals surface area contributed by atoms with Gasteiger partial charge in [-0.2, -0.15) is 5.10 Å². The quantitative estimate of drug-likeness (QED) is 0.323. The van der Waals surface area contributed by atoms with E-state index in [0.717, 1.165) is 42.6 Å². The van der Waals surface area contributed by atoms with Crippen LogP contribution >= 0.6 is 0 Å². The number of amides is 1. The molecule has 0 saturated heterocycles. The molecule has 4 heterocycles. The highest BCUT2D eigenvalue weighted by atomic mass is 16.2. The number of pyridine rings is 2. The topological polar surface area (TPSA) is 135 Å². The van der Waals surface area contributed by atoms with Crippen molar-refractivity contribution in [1.29, 1.82) is 0 Å². The van der Waals surface area contributed by atoms with Crippen LogP contribution in [0.2, 0.25) is 0 Å². The highest BCUT2D eigenvalue weighted by Crippen LogP contribution is 2.23. The van der Waals surface area contributed by atoms with E-state index in [4.69, 9.17) is 10.8 Å². The summed E-state index contributed by atoms with van der Waals surface area (Å²) in [6.07, 6.45) is 10.7. The maximum absolute atomic E-state index is 13.1. The van der Waals surface area contributed by atoms with Crippen molar-refractivity contribution >= 4 is 28.7 Å². The van der Waals surface area contributed by atoms with Gasteiger partial charge in [-0.3, -0.25) is 9.78 Å². The van der Waals surface area contributed by atoms with Gasteiger partial charge in [0.25, 0.3) is 5.91 Å². The van der Waals surface area contributed by atoms with Crippen LogP contribution in [0, 0.1) is 6.92 Å². The van der Waals surface area contributed by atoms with Crippen molar-refractivity contribution in [2.24, 2.45) is 5.73 Å². The minimum atomic E-state index is -0.304. The molecule has 180 valence electrons. The zero-order valence-corrected chi connectivity index (χ0v) is 19.6. The van der Waals surface area contributed by atoms with Crippen molar-refractivity contribution in [1.82, 2.24) is 29.9 Å². The van der Waals surface area contributed by atoms with Crippen LogP contribution in [0.4, 0.5) is 17.2 Å². The molecule has 1 aliphatic rings. The van der Waals surface area contributed by atoms with Crippen LogP contribution in [0.5, 0.6) is 0 Å². The van der Waals surface area contributed by atoms with Crippen molar-refractivity contribution in [3.63, 3.8) is 0 Å². The number of fused-ring (bicyclic) bond motifs is 1. The average molecular weight is 472 g/mol. The van der Waals surface area contributed by atoms with Crippen LogP contribution in [-0.2, 0) is 6.54 Å². The lowest BCUT2D eigenvalue weighted by Gasteiger charge is -2.26. The van der Waals surface area contributed by atoms with Gasteiger partial charge in [0.2, 0.25) is 0 Å². The summed E-state index contributed by atoms with van der Waals surface area (Å²) in [4.78, 5) is 26.0. The van der Waals surface area contributed by atoms with Gasteiger partial charge in [0.1, 0.15) is 5.82 Å². The summed E-state index contributed by atoms with van der Waals surface area (Å²) in [6.45, 7) is 2.56. The summed E-state index contributed by atoms with van der Waals surface area (Å²) in [5.41, 5.74) is 10.2. The van der Waals surface area contributed by atoms with E-state index in [9.17, 15) is 4.79 Å². The second-order valence-corrected chi connectivity index (χ2v) is 8.96. The lowest BCUT2D eigenvalue weighted by molar-refractivity contribution is 0.102. The minimum absolute atomic E-state index is 0.299. The number of rotatable bonds is 7. The third kappa shape index (κ3) is 5.44. The third-order valence-corrected chi connectivity index (χ3v) is 6.21. The molecule has 0 bridgehead atoms. The molecule has 1 fully saturated rings. The van der Waals surface area contributed by atoms with E-state index in [2.05, 4.69) is 30.9 Å². The Morgan fingerprint density at radius 2 is 1.89 bits per heavy atom. The first kappa shape index (κ1) is 22.9. The first-order valence-corrected chi connectivity index (χ1v) is 11.8. The molecular weight excluding hydrogens is 442 g/mol. The van der Waals surface area contributed by atoms with Gasteiger partial charge in [-0.25, -0.2) is 14.5 Å². The summed E-state index contributed by atoms with van der Waals surface area (Å²) in [7, 11) is 0. The lowest BCUT2D eigenvalue weighted by Crippen LogP contribution is -2.37. The van der Waals surface area contributed by atoms with Crippen molar-refractivity contribution < 1.29 is 4.79 Å². The second kappa shape index (κ2) is 10.2. The number of nitrogens with zero attached hydrogens (tertiary/aromatic N) is 5. The van der Waals surface area contributed by atoms with Crippen LogP contribution in [0.25, 0.3) is 5.65 Å². The molecule has 0 unspecified atom stereocenters. The zero-order valence-electron chi connectivity index (χ0n) is 19.6. The van der Waals surface area contributed by atoms with Crippen LogP contribution in [-0.4, -0.2) is 42.6 Å². The van der Waals surface area contributed by atoms with Gasteiger partial charge >= 0.3 is 0 Å². The van der Waals surface area contributed by atoms with E-state index in [1.807, 2.05) is 25.1 Å². The fourth-order valence-corrected chi connectivity index (χ4v) is 4.23. The van der Waals surface area contributed by atoms with E-state index < -0.39 is 0 Å². The molecule has 1 aliphatic carbocycles. The molecule has 0 radical (unpaired) electrons.